The summed E-state index contributed by atoms with van der Waals surface area (Å²) in [6.07, 6.45) is 6.25. The average Bonchev–Trinajstić information content (AvgIpc) is 2.85. The maximum atomic E-state index is 13.1. The van der Waals surface area contributed by atoms with E-state index in [9.17, 15) is 4.39 Å². The minimum absolute atomic E-state index is 0.309. The van der Waals surface area contributed by atoms with E-state index in [1.54, 1.807) is 0 Å². The number of hydrogen-bond acceptors (Lipinski definition) is 3. The van der Waals surface area contributed by atoms with Crippen LogP contribution in [0.2, 0.25) is 0 Å². The minimum Gasteiger partial charge on any atom is -0.354 e. The van der Waals surface area contributed by atoms with E-state index in [0.717, 1.165) is 17.9 Å². The van der Waals surface area contributed by atoms with Crippen molar-refractivity contribution in [2.24, 2.45) is 5.73 Å². The molecule has 1 aliphatic rings. The van der Waals surface area contributed by atoms with Gasteiger partial charge in [-0.05, 0) is 25.8 Å². The molecule has 3 nitrogen and oxygen atoms in total. The molecule has 0 unspecified atom stereocenters. The summed E-state index contributed by atoms with van der Waals surface area (Å²) in [7, 11) is 0. The van der Waals surface area contributed by atoms with Gasteiger partial charge in [-0.1, -0.05) is 12.8 Å². The largest absolute Gasteiger partial charge is 0.354 e. The highest BCUT2D eigenvalue weighted by atomic mass is 19.1. The van der Waals surface area contributed by atoms with Gasteiger partial charge < -0.3 is 10.6 Å². The molecular formula is C13H20FN3. The number of aromatic nitrogens is 1. The van der Waals surface area contributed by atoms with E-state index < -0.39 is 0 Å². The lowest BCUT2D eigenvalue weighted by Gasteiger charge is -2.30. The summed E-state index contributed by atoms with van der Waals surface area (Å²) >= 11 is 0. The smallest absolute Gasteiger partial charge is 0.141 e. The van der Waals surface area contributed by atoms with Crippen molar-refractivity contribution in [2.75, 3.05) is 11.4 Å². The van der Waals surface area contributed by atoms with Gasteiger partial charge in [-0.15, -0.1) is 0 Å². The number of hydrogen-bond donors (Lipinski definition) is 1. The van der Waals surface area contributed by atoms with Crippen LogP contribution in [0.3, 0.4) is 0 Å². The predicted octanol–water partition coefficient (Wildman–Crippen LogP) is 2.45. The number of nitrogens with two attached hydrogens (primary N) is 1. The van der Waals surface area contributed by atoms with Crippen LogP contribution in [0.5, 0.6) is 0 Å². The van der Waals surface area contributed by atoms with Crippen molar-refractivity contribution in [3.63, 3.8) is 0 Å². The summed E-state index contributed by atoms with van der Waals surface area (Å²) < 4.78 is 13.1. The Morgan fingerprint density at radius 2 is 2.18 bits per heavy atom. The molecule has 0 bridgehead atoms. The van der Waals surface area contributed by atoms with Crippen molar-refractivity contribution >= 4 is 5.82 Å². The second-order valence-corrected chi connectivity index (χ2v) is 4.56. The molecule has 2 N–H and O–H groups in total. The van der Waals surface area contributed by atoms with E-state index in [4.69, 9.17) is 5.73 Å². The van der Waals surface area contributed by atoms with Crippen LogP contribution in [0, 0.1) is 5.82 Å². The minimum atomic E-state index is -0.309. The van der Waals surface area contributed by atoms with E-state index in [1.165, 1.54) is 37.9 Å². The Bertz CT molecular complexity index is 375. The average molecular weight is 237 g/mol. The molecule has 0 saturated heterocycles. The van der Waals surface area contributed by atoms with Crippen molar-refractivity contribution < 1.29 is 4.39 Å². The molecule has 94 valence electrons. The normalized spacial score (nSPS) is 16.4. The summed E-state index contributed by atoms with van der Waals surface area (Å²) in [5.41, 5.74) is 6.48. The quantitative estimate of drug-likeness (QED) is 0.874. The standard InChI is InChI=1S/C13H20FN3/c1-2-17(12-5-3-4-6-12)13-10(8-15)7-11(14)9-16-13/h7,9,12H,2-6,8,15H2,1H3. The lowest BCUT2D eigenvalue weighted by atomic mass is 10.1. The lowest BCUT2D eigenvalue weighted by molar-refractivity contribution is 0.596. The number of rotatable bonds is 4. The highest BCUT2D eigenvalue weighted by Gasteiger charge is 2.24. The third-order valence-corrected chi connectivity index (χ3v) is 3.51. The van der Waals surface area contributed by atoms with Crippen LogP contribution in [-0.2, 0) is 6.54 Å². The molecule has 0 amide bonds. The van der Waals surface area contributed by atoms with Gasteiger partial charge in [0.25, 0.3) is 0 Å². The Morgan fingerprint density at radius 3 is 2.76 bits per heavy atom. The number of nitrogens with zero attached hydrogens (tertiary/aromatic N) is 2. The summed E-state index contributed by atoms with van der Waals surface area (Å²) in [5.74, 6) is 0.556. The molecule has 0 radical (unpaired) electrons. The monoisotopic (exact) mass is 237 g/mol. The topological polar surface area (TPSA) is 42.2 Å². The predicted molar refractivity (Wildman–Crippen MR) is 67.4 cm³/mol. The van der Waals surface area contributed by atoms with E-state index in [2.05, 4.69) is 16.8 Å². The molecule has 1 heterocycles. The zero-order valence-electron chi connectivity index (χ0n) is 10.3. The SMILES string of the molecule is CCN(c1ncc(F)cc1CN)C1CCCC1. The van der Waals surface area contributed by atoms with Crippen LogP contribution in [0.1, 0.15) is 38.2 Å². The first-order valence-corrected chi connectivity index (χ1v) is 6.37. The number of anilines is 1. The van der Waals surface area contributed by atoms with Gasteiger partial charge in [-0.25, -0.2) is 9.37 Å². The Kier molecular flexibility index (Phi) is 3.94. The summed E-state index contributed by atoms with van der Waals surface area (Å²) in [4.78, 5) is 6.51. The molecule has 0 atom stereocenters. The Labute approximate surface area is 102 Å². The van der Waals surface area contributed by atoms with Crippen LogP contribution >= 0.6 is 0 Å². The van der Waals surface area contributed by atoms with Crippen LogP contribution in [0.4, 0.5) is 10.2 Å². The van der Waals surface area contributed by atoms with E-state index >= 15 is 0 Å². The fraction of sp³-hybridized carbons (Fsp3) is 0.615. The van der Waals surface area contributed by atoms with Crippen molar-refractivity contribution in [3.8, 4) is 0 Å². The number of pyridine rings is 1. The fourth-order valence-electron chi connectivity index (χ4n) is 2.68. The zero-order valence-corrected chi connectivity index (χ0v) is 10.3. The highest BCUT2D eigenvalue weighted by Crippen LogP contribution is 2.28. The lowest BCUT2D eigenvalue weighted by Crippen LogP contribution is -2.34. The van der Waals surface area contributed by atoms with Gasteiger partial charge in [0.05, 0.1) is 6.20 Å². The first-order valence-electron chi connectivity index (χ1n) is 6.37. The molecule has 2 rings (SSSR count). The van der Waals surface area contributed by atoms with Gasteiger partial charge in [0.15, 0.2) is 0 Å². The fourth-order valence-corrected chi connectivity index (χ4v) is 2.68. The summed E-state index contributed by atoms with van der Waals surface area (Å²) in [6.45, 7) is 3.35. The second kappa shape index (κ2) is 5.45. The second-order valence-electron chi connectivity index (χ2n) is 4.56. The van der Waals surface area contributed by atoms with Crippen LogP contribution in [0.15, 0.2) is 12.3 Å². The molecule has 1 aliphatic carbocycles. The van der Waals surface area contributed by atoms with Crippen LogP contribution < -0.4 is 10.6 Å². The Morgan fingerprint density at radius 1 is 1.47 bits per heavy atom. The molecule has 0 aliphatic heterocycles. The first kappa shape index (κ1) is 12.3. The third-order valence-electron chi connectivity index (χ3n) is 3.51. The third kappa shape index (κ3) is 2.57. The van der Waals surface area contributed by atoms with Gasteiger partial charge in [-0.3, -0.25) is 0 Å². The van der Waals surface area contributed by atoms with Crippen molar-refractivity contribution in [3.05, 3.63) is 23.6 Å². The molecule has 1 aromatic heterocycles. The molecule has 4 heteroatoms. The van der Waals surface area contributed by atoms with E-state index in [1.807, 2.05) is 0 Å². The Balaban J connectivity index is 2.29. The van der Waals surface area contributed by atoms with E-state index in [0.29, 0.717) is 12.6 Å². The summed E-state index contributed by atoms with van der Waals surface area (Å²) in [5, 5.41) is 0. The first-order chi connectivity index (χ1) is 8.26. The van der Waals surface area contributed by atoms with Gasteiger partial charge in [0.1, 0.15) is 11.6 Å². The van der Waals surface area contributed by atoms with Gasteiger partial charge in [-0.2, -0.15) is 0 Å². The molecule has 1 fully saturated rings. The molecule has 0 aromatic carbocycles. The number of halogens is 1. The van der Waals surface area contributed by atoms with Gasteiger partial charge in [0, 0.05) is 24.7 Å². The van der Waals surface area contributed by atoms with Crippen molar-refractivity contribution in [1.82, 2.24) is 4.98 Å². The maximum absolute atomic E-state index is 13.1. The van der Waals surface area contributed by atoms with E-state index in [-0.39, 0.29) is 5.82 Å². The summed E-state index contributed by atoms with van der Waals surface area (Å²) in [6, 6.07) is 2.04. The van der Waals surface area contributed by atoms with Gasteiger partial charge in [0.2, 0.25) is 0 Å². The maximum Gasteiger partial charge on any atom is 0.141 e. The molecule has 1 aromatic rings. The van der Waals surface area contributed by atoms with Crippen molar-refractivity contribution in [1.29, 1.82) is 0 Å². The van der Waals surface area contributed by atoms with Crippen LogP contribution in [-0.4, -0.2) is 17.6 Å². The van der Waals surface area contributed by atoms with Gasteiger partial charge >= 0.3 is 0 Å². The molecule has 17 heavy (non-hydrogen) atoms. The Hall–Kier alpha value is -1.16. The molecule has 1 saturated carbocycles. The molecular weight excluding hydrogens is 217 g/mol. The van der Waals surface area contributed by atoms with Crippen LogP contribution in [0.25, 0.3) is 0 Å². The molecule has 0 spiro atoms. The highest BCUT2D eigenvalue weighted by molar-refractivity contribution is 5.48. The zero-order chi connectivity index (χ0) is 12.3. The van der Waals surface area contributed by atoms with Crippen molar-refractivity contribution in [2.45, 2.75) is 45.2 Å².